The van der Waals surface area contributed by atoms with Gasteiger partial charge < -0.3 is 4.74 Å². The fourth-order valence-electron chi connectivity index (χ4n) is 7.44. The van der Waals surface area contributed by atoms with Gasteiger partial charge in [-0.25, -0.2) is 0 Å². The lowest BCUT2D eigenvalue weighted by atomic mass is 9.72. The lowest BCUT2D eigenvalue weighted by Crippen LogP contribution is -2.23. The Morgan fingerprint density at radius 3 is 2.02 bits per heavy atom. The van der Waals surface area contributed by atoms with Crippen LogP contribution in [0.2, 0.25) is 0 Å². The first kappa shape index (κ1) is 26.0. The van der Waals surface area contributed by atoms with Crippen LogP contribution in [-0.2, 0) is 17.0 Å². The van der Waals surface area contributed by atoms with Crippen molar-refractivity contribution < 1.29 is 17.9 Å². The maximum Gasteiger partial charge on any atom is 0.416 e. The van der Waals surface area contributed by atoms with Gasteiger partial charge in [0.1, 0.15) is 11.5 Å². The third kappa shape index (κ3) is 3.57. The first-order chi connectivity index (χ1) is 20.5. The van der Waals surface area contributed by atoms with E-state index in [1.54, 1.807) is 0 Å². The highest BCUT2D eigenvalue weighted by Crippen LogP contribution is 2.63. The Labute approximate surface area is 247 Å². The van der Waals surface area contributed by atoms with Crippen LogP contribution in [0.5, 0.6) is 11.5 Å². The minimum Gasteiger partial charge on any atom is -0.457 e. The Morgan fingerprint density at radius 2 is 1.28 bits per heavy atom. The predicted molar refractivity (Wildman–Crippen MR) is 166 cm³/mol. The zero-order valence-corrected chi connectivity index (χ0v) is 24.2. The van der Waals surface area contributed by atoms with Crippen LogP contribution in [0.1, 0.15) is 55.5 Å². The van der Waals surface area contributed by atoms with Crippen molar-refractivity contribution in [2.75, 3.05) is 0 Å². The van der Waals surface area contributed by atoms with E-state index in [0.29, 0.717) is 0 Å². The average Bonchev–Trinajstić information content (AvgIpc) is 3.36. The molecule has 5 heteroatoms. The van der Waals surface area contributed by atoms with Gasteiger partial charge >= 0.3 is 6.18 Å². The van der Waals surface area contributed by atoms with Gasteiger partial charge in [0.15, 0.2) is 0 Å². The van der Waals surface area contributed by atoms with E-state index in [0.717, 1.165) is 77.7 Å². The van der Waals surface area contributed by atoms with Gasteiger partial charge in [0, 0.05) is 28.0 Å². The van der Waals surface area contributed by atoms with Crippen molar-refractivity contribution in [2.45, 2.75) is 44.7 Å². The molecule has 0 amide bonds. The summed E-state index contributed by atoms with van der Waals surface area (Å²) in [6.45, 7) is 8.21. The Morgan fingerprint density at radius 1 is 0.605 bits per heavy atom. The number of benzene rings is 5. The SMILES string of the molecule is CC1(C)c2cc(C(F)(F)F)cc3c2-c2c1cc1c(ccc4c(-c5cccc(Oc6ccccc6)c5)nccc41)c2C3(C)C. The highest BCUT2D eigenvalue weighted by atomic mass is 19.4. The Hall–Kier alpha value is -4.64. The molecule has 0 unspecified atom stereocenters. The van der Waals surface area contributed by atoms with Crippen molar-refractivity contribution in [1.29, 1.82) is 0 Å². The van der Waals surface area contributed by atoms with Crippen molar-refractivity contribution in [1.82, 2.24) is 4.98 Å². The molecule has 43 heavy (non-hydrogen) atoms. The molecule has 0 saturated heterocycles. The summed E-state index contributed by atoms with van der Waals surface area (Å²) in [5, 5.41) is 4.25. The standard InChI is InChI=1S/C38H28F3NO/c1-36(2)29-18-22(38(39,40)41)19-30-32(29)33-31(36)20-28-25-15-16-42-35(27(25)14-13-26(28)34(33)37(30,3)4)21-9-8-12-24(17-21)43-23-10-6-5-7-11-23/h5-20H,1-4H3. The molecule has 2 aliphatic carbocycles. The van der Waals surface area contributed by atoms with Crippen LogP contribution >= 0.6 is 0 Å². The number of fused-ring (bicyclic) bond motifs is 4. The van der Waals surface area contributed by atoms with Crippen LogP contribution in [0.3, 0.4) is 0 Å². The third-order valence-electron chi connectivity index (χ3n) is 9.51. The highest BCUT2D eigenvalue weighted by Gasteiger charge is 2.50. The van der Waals surface area contributed by atoms with Gasteiger partial charge in [-0.15, -0.1) is 0 Å². The maximum atomic E-state index is 14.1. The van der Waals surface area contributed by atoms with Crippen LogP contribution in [0.4, 0.5) is 13.2 Å². The molecule has 212 valence electrons. The molecule has 0 aliphatic heterocycles. The molecule has 0 atom stereocenters. The number of hydrogen-bond donors (Lipinski definition) is 0. The molecule has 1 aromatic heterocycles. The van der Waals surface area contributed by atoms with Crippen molar-refractivity contribution in [3.05, 3.63) is 125 Å². The fraction of sp³-hybridized carbons (Fsp3) is 0.184. The number of aromatic nitrogens is 1. The van der Waals surface area contributed by atoms with E-state index >= 15 is 0 Å². The zero-order valence-electron chi connectivity index (χ0n) is 24.2. The van der Waals surface area contributed by atoms with Crippen LogP contribution in [0.25, 0.3) is 43.9 Å². The van der Waals surface area contributed by atoms with Crippen LogP contribution in [0.15, 0.2) is 97.2 Å². The molecular formula is C38H28F3NO. The Kier molecular flexibility index (Phi) is 5.13. The predicted octanol–water partition coefficient (Wildman–Crippen LogP) is 10.8. The van der Waals surface area contributed by atoms with Gasteiger partial charge in [0.25, 0.3) is 0 Å². The summed E-state index contributed by atoms with van der Waals surface area (Å²) in [5.41, 5.74) is 5.89. The molecule has 2 aliphatic rings. The summed E-state index contributed by atoms with van der Waals surface area (Å²) in [5.74, 6) is 1.49. The number of para-hydroxylation sites is 1. The smallest absolute Gasteiger partial charge is 0.416 e. The molecule has 0 bridgehead atoms. The van der Waals surface area contributed by atoms with Gasteiger partial charge in [-0.1, -0.05) is 70.2 Å². The number of pyridine rings is 1. The summed E-state index contributed by atoms with van der Waals surface area (Å²) in [7, 11) is 0. The Bertz CT molecular complexity index is 2140. The average molecular weight is 572 g/mol. The lowest BCUT2D eigenvalue weighted by molar-refractivity contribution is -0.137. The summed E-state index contributed by atoms with van der Waals surface area (Å²) >= 11 is 0. The summed E-state index contributed by atoms with van der Waals surface area (Å²) in [4.78, 5) is 4.80. The van der Waals surface area contributed by atoms with Crippen LogP contribution < -0.4 is 4.74 Å². The van der Waals surface area contributed by atoms with E-state index in [9.17, 15) is 13.2 Å². The van der Waals surface area contributed by atoms with Gasteiger partial charge in [-0.2, -0.15) is 13.2 Å². The molecule has 8 rings (SSSR count). The quantitative estimate of drug-likeness (QED) is 0.197. The highest BCUT2D eigenvalue weighted by molar-refractivity contribution is 6.15. The monoisotopic (exact) mass is 571 g/mol. The third-order valence-corrected chi connectivity index (χ3v) is 9.51. The molecule has 0 fully saturated rings. The first-order valence-electron chi connectivity index (χ1n) is 14.5. The number of ether oxygens (including phenoxy) is 1. The molecule has 5 aromatic carbocycles. The molecule has 0 saturated carbocycles. The van der Waals surface area contributed by atoms with Crippen molar-refractivity contribution in [3.8, 4) is 33.9 Å². The number of rotatable bonds is 3. The Balaban J connectivity index is 1.35. The fourth-order valence-corrected chi connectivity index (χ4v) is 7.44. The molecule has 6 aromatic rings. The molecule has 0 radical (unpaired) electrons. The second kappa shape index (κ2) is 8.47. The molecule has 0 N–H and O–H groups in total. The number of halogens is 3. The van der Waals surface area contributed by atoms with Crippen molar-refractivity contribution >= 4 is 21.5 Å². The van der Waals surface area contributed by atoms with E-state index in [1.807, 2.05) is 80.7 Å². The van der Waals surface area contributed by atoms with Gasteiger partial charge in [0.2, 0.25) is 0 Å². The van der Waals surface area contributed by atoms with Crippen LogP contribution in [-0.4, -0.2) is 4.98 Å². The van der Waals surface area contributed by atoms with E-state index in [1.165, 1.54) is 12.1 Å². The number of nitrogens with zero attached hydrogens (tertiary/aromatic N) is 1. The maximum absolute atomic E-state index is 14.1. The molecule has 2 nitrogen and oxygen atoms in total. The number of alkyl halides is 3. The van der Waals surface area contributed by atoms with Gasteiger partial charge in [-0.05, 0) is 98.1 Å². The van der Waals surface area contributed by atoms with Crippen molar-refractivity contribution in [3.63, 3.8) is 0 Å². The summed E-state index contributed by atoms with van der Waals surface area (Å²) in [6.07, 6.45) is -2.56. The second-order valence-corrected chi connectivity index (χ2v) is 12.7. The van der Waals surface area contributed by atoms with Crippen LogP contribution in [0, 0.1) is 0 Å². The van der Waals surface area contributed by atoms with Gasteiger partial charge in [-0.3, -0.25) is 4.98 Å². The van der Waals surface area contributed by atoms with E-state index in [4.69, 9.17) is 9.72 Å². The summed E-state index contributed by atoms with van der Waals surface area (Å²) in [6, 6.07) is 28.9. The van der Waals surface area contributed by atoms with E-state index < -0.39 is 22.6 Å². The zero-order chi connectivity index (χ0) is 29.9. The minimum atomic E-state index is -4.40. The largest absolute Gasteiger partial charge is 0.457 e. The van der Waals surface area contributed by atoms with Gasteiger partial charge in [0.05, 0.1) is 11.3 Å². The second-order valence-electron chi connectivity index (χ2n) is 12.7. The number of hydrogen-bond acceptors (Lipinski definition) is 2. The molecule has 1 heterocycles. The lowest BCUT2D eigenvalue weighted by Gasteiger charge is -2.31. The first-order valence-corrected chi connectivity index (χ1v) is 14.5. The van der Waals surface area contributed by atoms with E-state index in [-0.39, 0.29) is 0 Å². The topological polar surface area (TPSA) is 22.1 Å². The van der Waals surface area contributed by atoms with E-state index in [2.05, 4.69) is 32.0 Å². The minimum absolute atomic E-state index is 0.568. The molecule has 0 spiro atoms. The van der Waals surface area contributed by atoms with Crippen molar-refractivity contribution in [2.24, 2.45) is 0 Å². The molecular weight excluding hydrogens is 543 g/mol. The normalized spacial score (nSPS) is 15.7. The summed E-state index contributed by atoms with van der Waals surface area (Å²) < 4.78 is 48.3.